The minimum atomic E-state index is -2.43. The molecule has 40 atom stereocenters. The van der Waals surface area contributed by atoms with Gasteiger partial charge in [-0.15, -0.1) is 0 Å². The molecule has 556 valence electrons. The molecule has 42 heteroatoms. The van der Waals surface area contributed by atoms with Gasteiger partial charge in [-0.05, 0) is 13.8 Å². The van der Waals surface area contributed by atoms with Gasteiger partial charge >= 0.3 is 0 Å². The van der Waals surface area contributed by atoms with E-state index in [1.165, 1.54) is 13.8 Å². The zero-order valence-electron chi connectivity index (χ0n) is 52.1. The van der Waals surface area contributed by atoms with E-state index in [2.05, 4.69) is 16.0 Å². The van der Waals surface area contributed by atoms with Crippen molar-refractivity contribution in [3.8, 4) is 0 Å². The molecule has 0 aromatic carbocycles. The number of carbonyl (C=O) groups is 3. The van der Waals surface area contributed by atoms with Crippen molar-refractivity contribution < 1.29 is 193 Å². The fourth-order valence-electron chi connectivity index (χ4n) is 12.5. The maximum absolute atomic E-state index is 13.4. The van der Waals surface area contributed by atoms with Gasteiger partial charge in [0, 0.05) is 20.8 Å². The summed E-state index contributed by atoms with van der Waals surface area (Å²) in [7, 11) is 0. The number of rotatable bonds is 23. The van der Waals surface area contributed by atoms with Crippen molar-refractivity contribution in [1.29, 1.82) is 0 Å². The molecule has 96 heavy (non-hydrogen) atoms. The van der Waals surface area contributed by atoms with Crippen molar-refractivity contribution in [3.05, 3.63) is 0 Å². The number of carbonyl (C=O) groups excluding carboxylic acids is 3. The highest BCUT2D eigenvalue weighted by atomic mass is 16.8. The third-order valence-electron chi connectivity index (χ3n) is 17.8. The normalized spacial score (nSPS) is 50.3. The first-order valence-corrected chi connectivity index (χ1v) is 30.8. The van der Waals surface area contributed by atoms with Crippen molar-refractivity contribution in [1.82, 2.24) is 16.0 Å². The molecule has 24 N–H and O–H groups in total. The number of hydrogen-bond donors (Lipinski definition) is 24. The van der Waals surface area contributed by atoms with Crippen LogP contribution in [0.25, 0.3) is 0 Å². The second-order valence-electron chi connectivity index (χ2n) is 24.6. The number of hydrogen-bond acceptors (Lipinski definition) is 39. The van der Waals surface area contributed by atoms with E-state index in [1.54, 1.807) is 0 Å². The molecule has 8 heterocycles. The Hall–Kier alpha value is -3.03. The van der Waals surface area contributed by atoms with Crippen molar-refractivity contribution in [3.63, 3.8) is 0 Å². The SMILES string of the molecule is CC(=O)N[C@H]1[C@H](OC[C@H]2O[C@@H](O[C@H]3[C@H](O)[C@@H](NC(C)=O)C(O)O[C@@H]3CO)[C@H](O)[C@@H](O[C@@H]3O[C@H](CO)[C@@H](O[C@@H]4O[C@H](CO)[C@H](O)[C@H](O)[C@H]4O)[C@H](O[C@@H]4O[C@@H](C)[C@@H](O)[C@@H](O)[C@@H]4O)[C@H]3NC(C)=O)[C@H]2O)O[C@H](CO)[C@@H](O[C@@H]2O[C@H](CO)[C@H](O)[C@H](O)[C@H]2O)[C@@H]1O[C@@H]1O[C@@H](C)[C@@H](O)[C@@H](O)[C@@H]1O. The summed E-state index contributed by atoms with van der Waals surface area (Å²) in [4.78, 5) is 39.0. The van der Waals surface area contributed by atoms with Crippen LogP contribution in [0.15, 0.2) is 0 Å². The number of ether oxygens (including phenoxy) is 15. The van der Waals surface area contributed by atoms with Gasteiger partial charge in [-0.3, -0.25) is 14.4 Å². The van der Waals surface area contributed by atoms with E-state index in [0.29, 0.717) is 0 Å². The number of amides is 3. The van der Waals surface area contributed by atoms with Crippen LogP contribution in [0.3, 0.4) is 0 Å². The molecule has 0 saturated carbocycles. The van der Waals surface area contributed by atoms with Crippen molar-refractivity contribution in [2.24, 2.45) is 0 Å². The highest BCUT2D eigenvalue weighted by molar-refractivity contribution is 5.74. The fraction of sp³-hybridized carbons (Fsp3) is 0.944. The smallest absolute Gasteiger partial charge is 0.217 e. The van der Waals surface area contributed by atoms with E-state index < -0.39 is 303 Å². The first-order chi connectivity index (χ1) is 45.3. The number of aliphatic hydroxyl groups excluding tert-OH is 21. The third kappa shape index (κ3) is 17.0. The van der Waals surface area contributed by atoms with Crippen molar-refractivity contribution in [2.75, 3.05) is 39.6 Å². The van der Waals surface area contributed by atoms with E-state index in [9.17, 15) is 122 Å². The van der Waals surface area contributed by atoms with Crippen LogP contribution in [0.5, 0.6) is 0 Å². The molecule has 0 aliphatic carbocycles. The summed E-state index contributed by atoms with van der Waals surface area (Å²) in [5, 5.41) is 238. The van der Waals surface area contributed by atoms with Crippen LogP contribution in [0.2, 0.25) is 0 Å². The summed E-state index contributed by atoms with van der Waals surface area (Å²) < 4.78 is 89.9. The Morgan fingerprint density at radius 1 is 0.292 bits per heavy atom. The Kier molecular flexibility index (Phi) is 27.7. The molecule has 8 rings (SSSR count). The Morgan fingerprint density at radius 2 is 0.604 bits per heavy atom. The maximum Gasteiger partial charge on any atom is 0.217 e. The van der Waals surface area contributed by atoms with E-state index in [0.717, 1.165) is 20.8 Å². The first-order valence-electron chi connectivity index (χ1n) is 30.8. The van der Waals surface area contributed by atoms with Gasteiger partial charge in [0.15, 0.2) is 50.3 Å². The third-order valence-corrected chi connectivity index (χ3v) is 17.8. The van der Waals surface area contributed by atoms with Crippen molar-refractivity contribution in [2.45, 2.75) is 280 Å². The molecule has 0 bridgehead atoms. The molecule has 8 aliphatic rings. The predicted molar refractivity (Wildman–Crippen MR) is 296 cm³/mol. The quantitative estimate of drug-likeness (QED) is 0.0452. The molecule has 0 radical (unpaired) electrons. The van der Waals surface area contributed by atoms with Gasteiger partial charge in [0.25, 0.3) is 0 Å². The average molecular weight is 1410 g/mol. The van der Waals surface area contributed by atoms with E-state index in [4.69, 9.17) is 71.1 Å². The number of nitrogens with one attached hydrogen (secondary N) is 3. The Balaban J connectivity index is 1.18. The van der Waals surface area contributed by atoms with Gasteiger partial charge in [-0.25, -0.2) is 0 Å². The van der Waals surface area contributed by atoms with Gasteiger partial charge in [0.05, 0.1) is 51.8 Å². The summed E-state index contributed by atoms with van der Waals surface area (Å²) >= 11 is 0. The predicted octanol–water partition coefficient (Wildman–Crippen LogP) is -16.0. The first kappa shape index (κ1) is 78.7. The summed E-state index contributed by atoms with van der Waals surface area (Å²) in [5.74, 6) is -2.70. The zero-order valence-corrected chi connectivity index (χ0v) is 52.1. The summed E-state index contributed by atoms with van der Waals surface area (Å²) in [6.07, 6.45) is -72.9. The monoisotopic (exact) mass is 1410 g/mol. The molecule has 3 amide bonds. The summed E-state index contributed by atoms with van der Waals surface area (Å²) in [5.41, 5.74) is 0. The van der Waals surface area contributed by atoms with Crippen LogP contribution in [0, 0.1) is 0 Å². The van der Waals surface area contributed by atoms with Crippen LogP contribution in [0.1, 0.15) is 34.6 Å². The second kappa shape index (κ2) is 33.8. The highest BCUT2D eigenvalue weighted by Gasteiger charge is 2.60. The maximum atomic E-state index is 13.4. The van der Waals surface area contributed by atoms with Gasteiger partial charge in [0.1, 0.15) is 183 Å². The van der Waals surface area contributed by atoms with Crippen LogP contribution in [-0.2, 0) is 85.4 Å². The van der Waals surface area contributed by atoms with Gasteiger partial charge < -0.3 is 194 Å². The lowest BCUT2D eigenvalue weighted by Gasteiger charge is -2.52. The fourth-order valence-corrected chi connectivity index (χ4v) is 12.5. The standard InChI is InChI=1S/C54H91N3O39/c1-12-26(66)32(72)36(76)50(83-12)94-44-24(56-15(4)64)48(88-20(9-61)42(44)92-52-38(78)34(74)28(68)17(6-58)86-52)82-11-22-30(70)46(40(80)54(90-22)91-41-19(8-60)85-47(81)23(31(41)71)55-14(3)63)96-49-25(57-16(5)65)45(95-51-37(77)33(73)27(67)13(2)84-51)43(21(10-62)89-49)93-53-39(79)35(75)29(69)18(7-59)87-53/h12-13,17-54,58-62,66-81H,6-11H2,1-5H3,(H,55,63)(H,56,64)(H,57,65)/t12-,13-,17+,18+,19+,20+,21+,22+,23+,24+,25+,26+,27+,28-,29-,30-,31+,32+,33+,34-,35-,36-,37-,38+,39+,40+,41+,42+,43+,44+,45+,46-,47?,48+,49-,50-,51-,52-,53-,54-/m0/s1. The largest absolute Gasteiger partial charge is 0.394 e. The molecule has 0 aromatic rings. The molecule has 42 nitrogen and oxygen atoms in total. The lowest BCUT2D eigenvalue weighted by atomic mass is 9.93. The highest BCUT2D eigenvalue weighted by Crippen LogP contribution is 2.39. The Morgan fingerprint density at radius 3 is 1.02 bits per heavy atom. The molecule has 8 fully saturated rings. The molecule has 0 spiro atoms. The lowest BCUT2D eigenvalue weighted by molar-refractivity contribution is -0.393. The second-order valence-corrected chi connectivity index (χ2v) is 24.6. The molecular formula is C54H91N3O39. The topological polar surface area (TPSA) is 651 Å². The Labute approximate surface area is 545 Å². The van der Waals surface area contributed by atoms with Crippen molar-refractivity contribution >= 4 is 17.7 Å². The van der Waals surface area contributed by atoms with E-state index in [1.807, 2.05) is 0 Å². The van der Waals surface area contributed by atoms with Crippen LogP contribution < -0.4 is 16.0 Å². The zero-order chi connectivity index (χ0) is 70.8. The summed E-state index contributed by atoms with van der Waals surface area (Å²) in [6.45, 7) is -0.885. The molecule has 0 aromatic heterocycles. The minimum absolute atomic E-state index is 0.817. The molecule has 1 unspecified atom stereocenters. The van der Waals surface area contributed by atoms with Crippen LogP contribution in [-0.4, -0.2) is 410 Å². The van der Waals surface area contributed by atoms with E-state index >= 15 is 0 Å². The molecular weight excluding hydrogens is 1310 g/mol. The van der Waals surface area contributed by atoms with Crippen LogP contribution >= 0.6 is 0 Å². The van der Waals surface area contributed by atoms with E-state index in [-0.39, 0.29) is 0 Å². The van der Waals surface area contributed by atoms with Crippen LogP contribution in [0.4, 0.5) is 0 Å². The summed E-state index contributed by atoms with van der Waals surface area (Å²) in [6, 6.07) is -5.55. The van der Waals surface area contributed by atoms with Gasteiger partial charge in [0.2, 0.25) is 17.7 Å². The molecule has 8 aliphatic heterocycles. The minimum Gasteiger partial charge on any atom is -0.394 e. The average Bonchev–Trinajstić information content (AvgIpc) is 0.758. The van der Waals surface area contributed by atoms with Gasteiger partial charge in [-0.2, -0.15) is 0 Å². The lowest BCUT2D eigenvalue weighted by Crippen LogP contribution is -2.71. The number of aliphatic hydroxyl groups is 21. The molecule has 8 saturated heterocycles. The van der Waals surface area contributed by atoms with Gasteiger partial charge in [-0.1, -0.05) is 0 Å². The Bertz CT molecular complexity index is 2470.